The molecule has 1 aromatic carbocycles. The van der Waals surface area contributed by atoms with Crippen molar-refractivity contribution in [3.63, 3.8) is 0 Å². The van der Waals surface area contributed by atoms with Gasteiger partial charge in [-0.25, -0.2) is 0 Å². The summed E-state index contributed by atoms with van der Waals surface area (Å²) in [7, 11) is 0. The second-order valence-electron chi connectivity index (χ2n) is 3.56. The van der Waals surface area contributed by atoms with E-state index in [1.165, 1.54) is 0 Å². The molecule has 0 amide bonds. The van der Waals surface area contributed by atoms with Crippen LogP contribution in [0.1, 0.15) is 20.8 Å². The smallest absolute Gasteiger partial charge is 0.0791 e. The van der Waals surface area contributed by atoms with Crippen molar-refractivity contribution >= 4 is 23.0 Å². The van der Waals surface area contributed by atoms with E-state index in [0.29, 0.717) is 6.04 Å². The van der Waals surface area contributed by atoms with Crippen molar-refractivity contribution in [1.82, 2.24) is 0 Å². The average Bonchev–Trinajstić information content (AvgIpc) is 2.10. The highest BCUT2D eigenvalue weighted by Crippen LogP contribution is 2.32. The predicted molar refractivity (Wildman–Crippen MR) is 64.0 cm³/mol. The van der Waals surface area contributed by atoms with E-state index in [0.717, 1.165) is 22.9 Å². The first-order valence-electron chi connectivity index (χ1n) is 4.88. The molecule has 0 aliphatic heterocycles. The molecule has 0 bridgehead atoms. The van der Waals surface area contributed by atoms with Gasteiger partial charge < -0.3 is 10.6 Å². The quantitative estimate of drug-likeness (QED) is 0.780. The molecule has 0 atom stereocenters. The van der Waals surface area contributed by atoms with E-state index in [4.69, 9.17) is 17.3 Å². The fourth-order valence-corrected chi connectivity index (χ4v) is 1.91. The number of benzene rings is 1. The first kappa shape index (κ1) is 11.2. The summed E-state index contributed by atoms with van der Waals surface area (Å²) in [6, 6.07) is 6.03. The molecule has 0 saturated heterocycles. The largest absolute Gasteiger partial charge is 0.397 e. The summed E-state index contributed by atoms with van der Waals surface area (Å²) in [5.41, 5.74) is 7.60. The Morgan fingerprint density at radius 1 is 1.43 bits per heavy atom. The van der Waals surface area contributed by atoms with E-state index >= 15 is 0 Å². The van der Waals surface area contributed by atoms with Gasteiger partial charge in [0, 0.05) is 12.6 Å². The van der Waals surface area contributed by atoms with E-state index in [-0.39, 0.29) is 0 Å². The molecule has 0 aromatic heterocycles. The SMILES string of the molecule is CCN(c1c(N)cccc1Cl)C(C)C. The molecule has 14 heavy (non-hydrogen) atoms. The third-order valence-electron chi connectivity index (χ3n) is 2.27. The van der Waals surface area contributed by atoms with Crippen molar-refractivity contribution in [2.45, 2.75) is 26.8 Å². The van der Waals surface area contributed by atoms with Crippen molar-refractivity contribution in [3.8, 4) is 0 Å². The Hall–Kier alpha value is -0.890. The minimum absolute atomic E-state index is 0.405. The molecule has 0 aliphatic rings. The molecule has 0 heterocycles. The standard InChI is InChI=1S/C11H17ClN2/c1-4-14(8(2)3)11-9(12)6-5-7-10(11)13/h5-8H,4,13H2,1-3H3. The van der Waals surface area contributed by atoms with Crippen molar-refractivity contribution in [3.05, 3.63) is 23.2 Å². The Balaban J connectivity index is 3.15. The van der Waals surface area contributed by atoms with Gasteiger partial charge in [-0.1, -0.05) is 17.7 Å². The highest BCUT2D eigenvalue weighted by Gasteiger charge is 2.14. The third kappa shape index (κ3) is 2.13. The molecule has 2 N–H and O–H groups in total. The first-order chi connectivity index (χ1) is 6.57. The highest BCUT2D eigenvalue weighted by atomic mass is 35.5. The summed E-state index contributed by atoms with van der Waals surface area (Å²) in [6.07, 6.45) is 0. The van der Waals surface area contributed by atoms with E-state index in [1.807, 2.05) is 18.2 Å². The minimum atomic E-state index is 0.405. The van der Waals surface area contributed by atoms with Gasteiger partial charge in [-0.15, -0.1) is 0 Å². The molecule has 0 aliphatic carbocycles. The van der Waals surface area contributed by atoms with Crippen LogP contribution in [0, 0.1) is 0 Å². The number of hydrogen-bond acceptors (Lipinski definition) is 2. The van der Waals surface area contributed by atoms with Crippen LogP contribution in [0.5, 0.6) is 0 Å². The van der Waals surface area contributed by atoms with Gasteiger partial charge >= 0.3 is 0 Å². The predicted octanol–water partition coefficient (Wildman–Crippen LogP) is 3.16. The molecular weight excluding hydrogens is 196 g/mol. The Morgan fingerprint density at radius 3 is 2.50 bits per heavy atom. The molecule has 0 spiro atoms. The van der Waals surface area contributed by atoms with Crippen molar-refractivity contribution in [2.24, 2.45) is 0 Å². The molecule has 1 aromatic rings. The Kier molecular flexibility index (Phi) is 3.64. The molecule has 0 fully saturated rings. The van der Waals surface area contributed by atoms with Crippen LogP contribution < -0.4 is 10.6 Å². The van der Waals surface area contributed by atoms with Gasteiger partial charge in [0.1, 0.15) is 0 Å². The lowest BCUT2D eigenvalue weighted by molar-refractivity contribution is 0.705. The number of nitrogens with two attached hydrogens (primary N) is 1. The van der Waals surface area contributed by atoms with Crippen LogP contribution in [-0.4, -0.2) is 12.6 Å². The highest BCUT2D eigenvalue weighted by molar-refractivity contribution is 6.34. The Morgan fingerprint density at radius 2 is 2.07 bits per heavy atom. The van der Waals surface area contributed by atoms with Crippen LogP contribution >= 0.6 is 11.6 Å². The van der Waals surface area contributed by atoms with Gasteiger partial charge in [-0.3, -0.25) is 0 Å². The maximum absolute atomic E-state index is 6.13. The molecule has 1 rings (SSSR count). The third-order valence-corrected chi connectivity index (χ3v) is 2.57. The van der Waals surface area contributed by atoms with Gasteiger partial charge in [0.25, 0.3) is 0 Å². The lowest BCUT2D eigenvalue weighted by Gasteiger charge is -2.29. The van der Waals surface area contributed by atoms with E-state index in [1.54, 1.807) is 0 Å². The van der Waals surface area contributed by atoms with Crippen LogP contribution in [0.15, 0.2) is 18.2 Å². The second-order valence-corrected chi connectivity index (χ2v) is 3.96. The van der Waals surface area contributed by atoms with Crippen LogP contribution in [0.4, 0.5) is 11.4 Å². The molecular formula is C11H17ClN2. The molecule has 0 saturated carbocycles. The zero-order valence-corrected chi connectivity index (χ0v) is 9.67. The lowest BCUT2D eigenvalue weighted by atomic mass is 10.2. The van der Waals surface area contributed by atoms with Crippen molar-refractivity contribution in [2.75, 3.05) is 17.2 Å². The van der Waals surface area contributed by atoms with Crippen LogP contribution in [-0.2, 0) is 0 Å². The van der Waals surface area contributed by atoms with E-state index in [2.05, 4.69) is 25.7 Å². The van der Waals surface area contributed by atoms with Crippen LogP contribution in [0.3, 0.4) is 0 Å². The second kappa shape index (κ2) is 4.56. The number of halogens is 1. The summed E-state index contributed by atoms with van der Waals surface area (Å²) < 4.78 is 0. The summed E-state index contributed by atoms with van der Waals surface area (Å²) in [6.45, 7) is 7.27. The fraction of sp³-hybridized carbons (Fsp3) is 0.455. The first-order valence-corrected chi connectivity index (χ1v) is 5.26. The zero-order valence-electron chi connectivity index (χ0n) is 8.92. The number of nitrogen functional groups attached to an aromatic ring is 1. The van der Waals surface area contributed by atoms with Gasteiger partial charge in [0.05, 0.1) is 16.4 Å². The lowest BCUT2D eigenvalue weighted by Crippen LogP contribution is -2.31. The van der Waals surface area contributed by atoms with Crippen LogP contribution in [0.25, 0.3) is 0 Å². The zero-order chi connectivity index (χ0) is 10.7. The van der Waals surface area contributed by atoms with Crippen molar-refractivity contribution < 1.29 is 0 Å². The van der Waals surface area contributed by atoms with Gasteiger partial charge in [0.2, 0.25) is 0 Å². The summed E-state index contributed by atoms with van der Waals surface area (Å²) in [5, 5.41) is 0.723. The monoisotopic (exact) mass is 212 g/mol. The fourth-order valence-electron chi connectivity index (χ4n) is 1.62. The normalized spacial score (nSPS) is 10.6. The van der Waals surface area contributed by atoms with E-state index in [9.17, 15) is 0 Å². The molecule has 0 radical (unpaired) electrons. The van der Waals surface area contributed by atoms with Crippen LogP contribution in [0.2, 0.25) is 5.02 Å². The number of hydrogen-bond donors (Lipinski definition) is 1. The maximum Gasteiger partial charge on any atom is 0.0791 e. The summed E-state index contributed by atoms with van der Waals surface area (Å²) in [4.78, 5) is 2.19. The maximum atomic E-state index is 6.13. The Bertz CT molecular complexity index is 290. The number of para-hydroxylation sites is 1. The topological polar surface area (TPSA) is 29.3 Å². The number of anilines is 2. The average molecular weight is 213 g/mol. The minimum Gasteiger partial charge on any atom is -0.397 e. The van der Waals surface area contributed by atoms with Crippen molar-refractivity contribution in [1.29, 1.82) is 0 Å². The van der Waals surface area contributed by atoms with Gasteiger partial charge in [0.15, 0.2) is 0 Å². The van der Waals surface area contributed by atoms with Gasteiger partial charge in [-0.2, -0.15) is 0 Å². The van der Waals surface area contributed by atoms with E-state index < -0.39 is 0 Å². The molecule has 2 nitrogen and oxygen atoms in total. The molecule has 78 valence electrons. The number of nitrogens with zero attached hydrogens (tertiary/aromatic N) is 1. The number of rotatable bonds is 3. The summed E-state index contributed by atoms with van der Waals surface area (Å²) in [5.74, 6) is 0. The molecule has 3 heteroatoms. The van der Waals surface area contributed by atoms with Gasteiger partial charge in [-0.05, 0) is 32.9 Å². The molecule has 0 unspecified atom stereocenters. The summed E-state index contributed by atoms with van der Waals surface area (Å²) >= 11 is 6.13. The Labute approximate surface area is 90.7 Å².